The largest absolute Gasteiger partial charge is 0.494 e. The highest BCUT2D eigenvalue weighted by Gasteiger charge is 2.29. The van der Waals surface area contributed by atoms with Crippen LogP contribution in [0, 0.1) is 0 Å². The molecule has 1 fully saturated rings. The number of H-pyrrole nitrogens is 1. The van der Waals surface area contributed by atoms with Crippen LogP contribution < -0.4 is 5.56 Å². The smallest absolute Gasteiger partial charge is 0.305 e. The molecule has 0 radical (unpaired) electrons. The Balaban J connectivity index is 2.24. The molecule has 1 aromatic rings. The van der Waals surface area contributed by atoms with Gasteiger partial charge < -0.3 is 15.1 Å². The van der Waals surface area contributed by atoms with E-state index >= 15 is 0 Å². The summed E-state index contributed by atoms with van der Waals surface area (Å²) in [4.78, 5) is 38.1. The number of piperidine rings is 1. The minimum Gasteiger partial charge on any atom is -0.494 e. The van der Waals surface area contributed by atoms with Crippen LogP contribution in [-0.4, -0.2) is 44.6 Å². The first-order valence-corrected chi connectivity index (χ1v) is 6.43. The number of aromatic nitrogens is 1. The number of aliphatic carboxylic acids is 1. The van der Waals surface area contributed by atoms with E-state index in [-0.39, 0.29) is 23.9 Å². The minimum absolute atomic E-state index is 0.0727. The van der Waals surface area contributed by atoms with E-state index in [1.807, 2.05) is 0 Å². The lowest BCUT2D eigenvalue weighted by Crippen LogP contribution is -2.45. The first-order chi connectivity index (χ1) is 9.47. The fourth-order valence-electron chi connectivity index (χ4n) is 2.50. The number of nitrogens with zero attached hydrogens (tertiary/aromatic N) is 1. The molecule has 1 unspecified atom stereocenters. The van der Waals surface area contributed by atoms with Gasteiger partial charge >= 0.3 is 5.97 Å². The van der Waals surface area contributed by atoms with Crippen LogP contribution in [0.2, 0.25) is 0 Å². The summed E-state index contributed by atoms with van der Waals surface area (Å²) in [5.74, 6) is -1.76. The van der Waals surface area contributed by atoms with Crippen LogP contribution in [0.15, 0.2) is 16.9 Å². The molecule has 1 amide bonds. The molecule has 1 saturated heterocycles. The monoisotopic (exact) mass is 280 g/mol. The van der Waals surface area contributed by atoms with Gasteiger partial charge in [-0.2, -0.15) is 0 Å². The van der Waals surface area contributed by atoms with Crippen molar-refractivity contribution in [2.24, 2.45) is 0 Å². The molecule has 1 aromatic heterocycles. The number of carbonyl (C=O) groups excluding carboxylic acids is 1. The topological polar surface area (TPSA) is 111 Å². The second kappa shape index (κ2) is 5.77. The fraction of sp³-hybridized carbons (Fsp3) is 0.462. The van der Waals surface area contributed by atoms with E-state index in [9.17, 15) is 19.5 Å². The van der Waals surface area contributed by atoms with Gasteiger partial charge in [0.2, 0.25) is 0 Å². The number of aromatic amines is 1. The lowest BCUT2D eigenvalue weighted by molar-refractivity contribution is -0.138. The zero-order valence-corrected chi connectivity index (χ0v) is 10.8. The molecule has 1 atom stereocenters. The maximum Gasteiger partial charge on any atom is 0.305 e. The molecular formula is C13H16N2O5. The van der Waals surface area contributed by atoms with Crippen molar-refractivity contribution in [3.8, 4) is 5.88 Å². The maximum absolute atomic E-state index is 12.4. The third-order valence-electron chi connectivity index (χ3n) is 3.38. The summed E-state index contributed by atoms with van der Waals surface area (Å²) in [5.41, 5.74) is -0.497. The van der Waals surface area contributed by atoms with Gasteiger partial charge in [0.15, 0.2) is 5.88 Å². The van der Waals surface area contributed by atoms with Crippen LogP contribution in [0.4, 0.5) is 0 Å². The highest BCUT2D eigenvalue weighted by molar-refractivity contribution is 5.94. The Hall–Kier alpha value is -2.31. The van der Waals surface area contributed by atoms with Crippen LogP contribution in [0.25, 0.3) is 0 Å². The molecule has 7 nitrogen and oxygen atoms in total. The predicted octanol–water partition coefficient (Wildman–Crippen LogP) is 0.550. The average Bonchev–Trinajstić information content (AvgIpc) is 2.36. The molecule has 7 heteroatoms. The van der Waals surface area contributed by atoms with Crippen LogP contribution in [0.1, 0.15) is 36.0 Å². The SMILES string of the molecule is O=C(O)CC1CCCCN1C(=O)c1cc(O)[nH]c(=O)c1. The highest BCUT2D eigenvalue weighted by Crippen LogP contribution is 2.22. The van der Waals surface area contributed by atoms with Crippen molar-refractivity contribution in [3.05, 3.63) is 28.0 Å². The Bertz CT molecular complexity index is 580. The third kappa shape index (κ3) is 3.17. The van der Waals surface area contributed by atoms with Gasteiger partial charge in [-0.25, -0.2) is 0 Å². The number of carboxylic acids is 1. The summed E-state index contributed by atoms with van der Waals surface area (Å²) in [6, 6.07) is 1.92. The first-order valence-electron chi connectivity index (χ1n) is 6.43. The normalized spacial score (nSPS) is 18.8. The van der Waals surface area contributed by atoms with Crippen molar-refractivity contribution in [3.63, 3.8) is 0 Å². The summed E-state index contributed by atoms with van der Waals surface area (Å²) in [7, 11) is 0. The number of likely N-dealkylation sites (tertiary alicyclic amines) is 1. The molecule has 3 N–H and O–H groups in total. The number of amides is 1. The van der Waals surface area contributed by atoms with Crippen molar-refractivity contribution in [2.75, 3.05) is 6.54 Å². The predicted molar refractivity (Wildman–Crippen MR) is 69.7 cm³/mol. The summed E-state index contributed by atoms with van der Waals surface area (Å²) in [5, 5.41) is 18.2. The van der Waals surface area contributed by atoms with E-state index in [4.69, 9.17) is 5.11 Å². The molecule has 108 valence electrons. The van der Waals surface area contributed by atoms with Crippen molar-refractivity contribution < 1.29 is 19.8 Å². The van der Waals surface area contributed by atoms with E-state index in [0.29, 0.717) is 13.0 Å². The molecule has 20 heavy (non-hydrogen) atoms. The van der Waals surface area contributed by atoms with Crippen LogP contribution in [-0.2, 0) is 4.79 Å². The number of rotatable bonds is 3. The number of nitrogens with one attached hydrogen (secondary N) is 1. The zero-order valence-electron chi connectivity index (χ0n) is 10.8. The number of aromatic hydroxyl groups is 1. The molecule has 0 aliphatic carbocycles. The van der Waals surface area contributed by atoms with Crippen molar-refractivity contribution in [1.82, 2.24) is 9.88 Å². The van der Waals surface area contributed by atoms with E-state index in [1.165, 1.54) is 11.0 Å². The Morgan fingerprint density at radius 1 is 1.35 bits per heavy atom. The van der Waals surface area contributed by atoms with Crippen molar-refractivity contribution in [1.29, 1.82) is 0 Å². The fourth-order valence-corrected chi connectivity index (χ4v) is 2.50. The van der Waals surface area contributed by atoms with Gasteiger partial charge in [0.1, 0.15) is 0 Å². The summed E-state index contributed by atoms with van der Waals surface area (Å²) in [6.45, 7) is 0.463. The Morgan fingerprint density at radius 2 is 2.10 bits per heavy atom. The highest BCUT2D eigenvalue weighted by atomic mass is 16.4. The summed E-state index contributed by atoms with van der Waals surface area (Å²) >= 11 is 0. The molecule has 0 spiro atoms. The standard InChI is InChI=1S/C13H16N2O5/c16-10-5-8(6-11(17)14-10)13(20)15-4-2-1-3-9(15)7-12(18)19/h5-6,9H,1-4,7H2,(H,18,19)(H2,14,16,17). The first kappa shape index (κ1) is 14.1. The van der Waals surface area contributed by atoms with Gasteiger partial charge in [0.25, 0.3) is 11.5 Å². The van der Waals surface area contributed by atoms with Gasteiger partial charge in [-0.3, -0.25) is 19.4 Å². The number of carboxylic acid groups (broad SMARTS) is 1. The molecule has 0 saturated carbocycles. The Labute approximate surface area is 114 Å². The summed E-state index contributed by atoms with van der Waals surface area (Å²) < 4.78 is 0. The van der Waals surface area contributed by atoms with E-state index in [0.717, 1.165) is 18.9 Å². The molecule has 1 aliphatic heterocycles. The van der Waals surface area contributed by atoms with Gasteiger partial charge in [-0.1, -0.05) is 0 Å². The van der Waals surface area contributed by atoms with E-state index < -0.39 is 17.4 Å². The third-order valence-corrected chi connectivity index (χ3v) is 3.38. The molecule has 0 bridgehead atoms. The van der Waals surface area contributed by atoms with Gasteiger partial charge in [0, 0.05) is 24.7 Å². The zero-order chi connectivity index (χ0) is 14.7. The molecule has 2 heterocycles. The van der Waals surface area contributed by atoms with Crippen LogP contribution in [0.3, 0.4) is 0 Å². The van der Waals surface area contributed by atoms with E-state index in [2.05, 4.69) is 4.98 Å². The molecule has 2 rings (SSSR count). The number of hydrogen-bond donors (Lipinski definition) is 3. The Kier molecular flexibility index (Phi) is 4.07. The second-order valence-electron chi connectivity index (χ2n) is 4.86. The van der Waals surface area contributed by atoms with Gasteiger partial charge in [0.05, 0.1) is 12.0 Å². The quantitative estimate of drug-likeness (QED) is 0.748. The molecule has 1 aliphatic rings. The number of hydrogen-bond acceptors (Lipinski definition) is 4. The Morgan fingerprint density at radius 3 is 2.75 bits per heavy atom. The van der Waals surface area contributed by atoms with Gasteiger partial charge in [-0.05, 0) is 19.3 Å². The average molecular weight is 280 g/mol. The van der Waals surface area contributed by atoms with Crippen molar-refractivity contribution >= 4 is 11.9 Å². The van der Waals surface area contributed by atoms with E-state index in [1.54, 1.807) is 0 Å². The number of carbonyl (C=O) groups is 2. The van der Waals surface area contributed by atoms with Crippen molar-refractivity contribution in [2.45, 2.75) is 31.7 Å². The maximum atomic E-state index is 12.4. The molecular weight excluding hydrogens is 264 g/mol. The van der Waals surface area contributed by atoms with Gasteiger partial charge in [-0.15, -0.1) is 0 Å². The van der Waals surface area contributed by atoms with Crippen LogP contribution in [0.5, 0.6) is 5.88 Å². The second-order valence-corrected chi connectivity index (χ2v) is 4.86. The lowest BCUT2D eigenvalue weighted by Gasteiger charge is -2.35. The lowest BCUT2D eigenvalue weighted by atomic mass is 9.98. The molecule has 0 aromatic carbocycles. The summed E-state index contributed by atoms with van der Waals surface area (Å²) in [6.07, 6.45) is 2.20. The van der Waals surface area contributed by atoms with Crippen LogP contribution >= 0.6 is 0 Å². The minimum atomic E-state index is -0.955. The number of pyridine rings is 1.